The van der Waals surface area contributed by atoms with E-state index in [1.807, 2.05) is 20.8 Å². The second kappa shape index (κ2) is 7.08. The zero-order valence-corrected chi connectivity index (χ0v) is 15.5. The molecule has 1 saturated carbocycles. The number of nitrogens with zero attached hydrogens (tertiary/aromatic N) is 1. The minimum Gasteiger partial charge on any atom is -0.378 e. The Bertz CT molecular complexity index is 416. The van der Waals surface area contributed by atoms with Gasteiger partial charge >= 0.3 is 0 Å². The zero-order valence-electron chi connectivity index (χ0n) is 15.5. The van der Waals surface area contributed by atoms with Gasteiger partial charge in [-0.25, -0.2) is 0 Å². The molecule has 23 heavy (non-hydrogen) atoms. The second-order valence-electron chi connectivity index (χ2n) is 8.28. The molecule has 1 aliphatic heterocycles. The van der Waals surface area contributed by atoms with Crippen molar-refractivity contribution in [3.63, 3.8) is 0 Å². The molecule has 134 valence electrons. The van der Waals surface area contributed by atoms with Crippen LogP contribution in [0.25, 0.3) is 0 Å². The van der Waals surface area contributed by atoms with Crippen LogP contribution in [0.2, 0.25) is 0 Å². The molecule has 2 unspecified atom stereocenters. The lowest BCUT2D eigenvalue weighted by Crippen LogP contribution is -2.76. The summed E-state index contributed by atoms with van der Waals surface area (Å²) in [6.07, 6.45) is 2.73. The summed E-state index contributed by atoms with van der Waals surface area (Å²) in [4.78, 5) is 15.2. The fourth-order valence-corrected chi connectivity index (χ4v) is 3.91. The normalized spacial score (nSPS) is 31.9. The van der Waals surface area contributed by atoms with E-state index in [-0.39, 0.29) is 23.5 Å². The zero-order chi connectivity index (χ0) is 17.3. The standard InChI is InChI=1S/C18H35N3O2/c1-6-23-15-11-18(19,17(15,4)5)16(22)20-14-7-9-21(10-8-14)12-13(2)3/h13-15H,6-12,19H2,1-5H3,(H,20,22). The summed E-state index contributed by atoms with van der Waals surface area (Å²) in [5.74, 6) is 0.695. The number of hydrogen-bond acceptors (Lipinski definition) is 4. The summed E-state index contributed by atoms with van der Waals surface area (Å²) < 4.78 is 5.71. The first kappa shape index (κ1) is 18.7. The predicted octanol–water partition coefficient (Wildman–Crippen LogP) is 1.76. The van der Waals surface area contributed by atoms with E-state index in [1.165, 1.54) is 0 Å². The van der Waals surface area contributed by atoms with Crippen LogP contribution in [-0.4, -0.2) is 54.7 Å². The minimum atomic E-state index is -0.804. The van der Waals surface area contributed by atoms with Crippen molar-refractivity contribution in [2.24, 2.45) is 17.1 Å². The van der Waals surface area contributed by atoms with Crippen LogP contribution >= 0.6 is 0 Å². The fraction of sp³-hybridized carbons (Fsp3) is 0.944. The van der Waals surface area contributed by atoms with Crippen molar-refractivity contribution in [3.05, 3.63) is 0 Å². The van der Waals surface area contributed by atoms with Gasteiger partial charge in [-0.05, 0) is 25.7 Å². The van der Waals surface area contributed by atoms with Gasteiger partial charge in [-0.2, -0.15) is 0 Å². The molecule has 5 nitrogen and oxygen atoms in total. The van der Waals surface area contributed by atoms with Gasteiger partial charge in [0.25, 0.3) is 0 Å². The highest BCUT2D eigenvalue weighted by molar-refractivity contribution is 5.89. The average Bonchev–Trinajstić information content (AvgIpc) is 2.48. The van der Waals surface area contributed by atoms with Crippen molar-refractivity contribution in [2.75, 3.05) is 26.2 Å². The first-order valence-electron chi connectivity index (χ1n) is 9.14. The third-order valence-corrected chi connectivity index (χ3v) is 5.78. The van der Waals surface area contributed by atoms with Crippen molar-refractivity contribution in [1.82, 2.24) is 10.2 Å². The molecular weight excluding hydrogens is 290 g/mol. The Morgan fingerprint density at radius 1 is 1.35 bits per heavy atom. The third-order valence-electron chi connectivity index (χ3n) is 5.78. The number of hydrogen-bond donors (Lipinski definition) is 2. The number of nitrogens with two attached hydrogens (primary N) is 1. The molecule has 5 heteroatoms. The van der Waals surface area contributed by atoms with E-state index in [1.54, 1.807) is 0 Å². The molecule has 0 spiro atoms. The maximum Gasteiger partial charge on any atom is 0.241 e. The Labute approximate surface area is 141 Å². The quantitative estimate of drug-likeness (QED) is 0.781. The van der Waals surface area contributed by atoms with Gasteiger partial charge in [0.1, 0.15) is 5.54 Å². The number of nitrogens with one attached hydrogen (secondary N) is 1. The highest BCUT2D eigenvalue weighted by Crippen LogP contribution is 2.49. The first-order chi connectivity index (χ1) is 10.7. The molecule has 0 bridgehead atoms. The highest BCUT2D eigenvalue weighted by Gasteiger charge is 2.63. The summed E-state index contributed by atoms with van der Waals surface area (Å²) in [7, 11) is 0. The van der Waals surface area contributed by atoms with Gasteiger partial charge < -0.3 is 20.7 Å². The lowest BCUT2D eigenvalue weighted by Gasteiger charge is -2.57. The number of piperidine rings is 1. The second-order valence-corrected chi connectivity index (χ2v) is 8.28. The lowest BCUT2D eigenvalue weighted by atomic mass is 9.54. The summed E-state index contributed by atoms with van der Waals surface area (Å²) in [6, 6.07) is 0.258. The monoisotopic (exact) mass is 325 g/mol. The van der Waals surface area contributed by atoms with Crippen LogP contribution in [-0.2, 0) is 9.53 Å². The van der Waals surface area contributed by atoms with Gasteiger partial charge in [-0.3, -0.25) is 4.79 Å². The van der Waals surface area contributed by atoms with Crippen LogP contribution < -0.4 is 11.1 Å². The molecule has 0 aromatic rings. The first-order valence-corrected chi connectivity index (χ1v) is 9.14. The molecular formula is C18H35N3O2. The molecule has 1 heterocycles. The molecule has 2 atom stereocenters. The van der Waals surface area contributed by atoms with Crippen LogP contribution in [0.1, 0.15) is 53.9 Å². The van der Waals surface area contributed by atoms with E-state index in [0.29, 0.717) is 18.9 Å². The van der Waals surface area contributed by atoms with Crippen molar-refractivity contribution >= 4 is 5.91 Å². The maximum absolute atomic E-state index is 12.7. The Morgan fingerprint density at radius 2 is 1.96 bits per heavy atom. The van der Waals surface area contributed by atoms with Crippen molar-refractivity contribution < 1.29 is 9.53 Å². The van der Waals surface area contributed by atoms with Crippen LogP contribution in [0, 0.1) is 11.3 Å². The van der Waals surface area contributed by atoms with Gasteiger partial charge in [-0.15, -0.1) is 0 Å². The molecule has 0 aromatic carbocycles. The molecule has 0 aromatic heterocycles. The molecule has 1 saturated heterocycles. The number of carbonyl (C=O) groups is 1. The predicted molar refractivity (Wildman–Crippen MR) is 93.2 cm³/mol. The Balaban J connectivity index is 1.84. The van der Waals surface area contributed by atoms with Crippen LogP contribution in [0.5, 0.6) is 0 Å². The molecule has 0 radical (unpaired) electrons. The minimum absolute atomic E-state index is 0.000706. The molecule has 2 aliphatic rings. The number of ether oxygens (including phenoxy) is 1. The molecule has 3 N–H and O–H groups in total. The van der Waals surface area contributed by atoms with Gasteiger partial charge in [0, 0.05) is 44.1 Å². The van der Waals surface area contributed by atoms with Gasteiger partial charge in [0.15, 0.2) is 0 Å². The summed E-state index contributed by atoms with van der Waals surface area (Å²) in [5, 5.41) is 3.21. The highest BCUT2D eigenvalue weighted by atomic mass is 16.5. The molecule has 1 aliphatic carbocycles. The van der Waals surface area contributed by atoms with E-state index in [9.17, 15) is 4.79 Å². The van der Waals surface area contributed by atoms with E-state index in [0.717, 1.165) is 32.5 Å². The van der Waals surface area contributed by atoms with E-state index < -0.39 is 5.54 Å². The Kier molecular flexibility index (Phi) is 5.75. The topological polar surface area (TPSA) is 67.6 Å². The van der Waals surface area contributed by atoms with Crippen LogP contribution in [0.4, 0.5) is 0 Å². The SMILES string of the molecule is CCOC1CC(N)(C(=O)NC2CCN(CC(C)C)CC2)C1(C)C. The number of likely N-dealkylation sites (tertiary alicyclic amines) is 1. The van der Waals surface area contributed by atoms with E-state index in [4.69, 9.17) is 10.5 Å². The Morgan fingerprint density at radius 3 is 2.43 bits per heavy atom. The number of carbonyl (C=O) groups excluding carboxylic acids is 1. The van der Waals surface area contributed by atoms with Crippen LogP contribution in [0.15, 0.2) is 0 Å². The fourth-order valence-electron chi connectivity index (χ4n) is 3.91. The largest absolute Gasteiger partial charge is 0.378 e. The van der Waals surface area contributed by atoms with Gasteiger partial charge in [-0.1, -0.05) is 27.7 Å². The molecule has 2 fully saturated rings. The van der Waals surface area contributed by atoms with Gasteiger partial charge in [0.05, 0.1) is 6.10 Å². The van der Waals surface area contributed by atoms with Crippen molar-refractivity contribution in [1.29, 1.82) is 0 Å². The number of amides is 1. The molecule has 2 rings (SSSR count). The maximum atomic E-state index is 12.7. The van der Waals surface area contributed by atoms with Crippen molar-refractivity contribution in [2.45, 2.75) is 71.6 Å². The summed E-state index contributed by atoms with van der Waals surface area (Å²) in [5.41, 5.74) is 5.33. The Hall–Kier alpha value is -0.650. The summed E-state index contributed by atoms with van der Waals surface area (Å²) in [6.45, 7) is 14.5. The van der Waals surface area contributed by atoms with Gasteiger partial charge in [0.2, 0.25) is 5.91 Å². The molecule has 1 amide bonds. The van der Waals surface area contributed by atoms with E-state index >= 15 is 0 Å². The van der Waals surface area contributed by atoms with Crippen LogP contribution in [0.3, 0.4) is 0 Å². The summed E-state index contributed by atoms with van der Waals surface area (Å²) >= 11 is 0. The van der Waals surface area contributed by atoms with Crippen molar-refractivity contribution in [3.8, 4) is 0 Å². The third kappa shape index (κ3) is 3.72. The number of rotatable bonds is 6. The smallest absolute Gasteiger partial charge is 0.241 e. The lowest BCUT2D eigenvalue weighted by molar-refractivity contribution is -0.171. The average molecular weight is 325 g/mol. The van der Waals surface area contributed by atoms with E-state index in [2.05, 4.69) is 24.1 Å².